The molecule has 2 aromatic rings. The van der Waals surface area contributed by atoms with Gasteiger partial charge in [-0.15, -0.1) is 13.2 Å². The normalized spacial score (nSPS) is 11.2. The monoisotopic (exact) mass is 301 g/mol. The van der Waals surface area contributed by atoms with Crippen LogP contribution in [0.15, 0.2) is 28.8 Å². The molecule has 1 heterocycles. The van der Waals surface area contributed by atoms with Crippen molar-refractivity contribution < 1.29 is 27.2 Å². The quantitative estimate of drug-likeness (QED) is 0.851. The molecule has 0 bridgehead atoms. The molecular weight excluding hydrogens is 291 g/mol. The van der Waals surface area contributed by atoms with Crippen LogP contribution in [0.1, 0.15) is 16.1 Å². The molecule has 2 rings (SSSR count). The van der Waals surface area contributed by atoms with Crippen LogP contribution in [0.25, 0.3) is 0 Å². The number of aromatic nitrogens is 1. The Morgan fingerprint density at radius 3 is 2.62 bits per heavy atom. The summed E-state index contributed by atoms with van der Waals surface area (Å²) in [5.41, 5.74) is 5.17. The van der Waals surface area contributed by atoms with Crippen LogP contribution in [0.4, 0.5) is 24.7 Å². The standard InChI is InChI=1S/C12H10F3N3O3/c1-6-4-10(18-21-6)17-11(19)7-2-3-9(8(16)5-7)20-12(13,14)15/h2-5H,16H2,1H3,(H,17,18,19). The van der Waals surface area contributed by atoms with Crippen molar-refractivity contribution in [2.24, 2.45) is 0 Å². The number of rotatable bonds is 3. The molecule has 0 saturated heterocycles. The predicted octanol–water partition coefficient (Wildman–Crippen LogP) is 2.72. The number of nitrogens with one attached hydrogen (secondary N) is 1. The van der Waals surface area contributed by atoms with E-state index in [1.54, 1.807) is 6.92 Å². The fraction of sp³-hybridized carbons (Fsp3) is 0.167. The van der Waals surface area contributed by atoms with Crippen molar-refractivity contribution >= 4 is 17.4 Å². The van der Waals surface area contributed by atoms with Crippen LogP contribution in [0.5, 0.6) is 5.75 Å². The lowest BCUT2D eigenvalue weighted by atomic mass is 10.2. The third-order valence-electron chi connectivity index (χ3n) is 2.37. The number of nitrogens with zero attached hydrogens (tertiary/aromatic N) is 1. The summed E-state index contributed by atoms with van der Waals surface area (Å²) in [5.74, 6) is -0.477. The van der Waals surface area contributed by atoms with Gasteiger partial charge in [-0.05, 0) is 25.1 Å². The number of aryl methyl sites for hydroxylation is 1. The summed E-state index contributed by atoms with van der Waals surface area (Å²) in [7, 11) is 0. The van der Waals surface area contributed by atoms with Gasteiger partial charge in [-0.2, -0.15) is 0 Å². The molecule has 6 nitrogen and oxygen atoms in total. The molecule has 0 aliphatic rings. The highest BCUT2D eigenvalue weighted by molar-refractivity contribution is 6.04. The predicted molar refractivity (Wildman–Crippen MR) is 66.7 cm³/mol. The Labute approximate surface area is 116 Å². The van der Waals surface area contributed by atoms with Crippen LogP contribution in [0.3, 0.4) is 0 Å². The third kappa shape index (κ3) is 3.88. The minimum absolute atomic E-state index is 0.0580. The maximum absolute atomic E-state index is 12.1. The summed E-state index contributed by atoms with van der Waals surface area (Å²) >= 11 is 0. The molecule has 3 N–H and O–H groups in total. The molecule has 21 heavy (non-hydrogen) atoms. The third-order valence-corrected chi connectivity index (χ3v) is 2.37. The highest BCUT2D eigenvalue weighted by Crippen LogP contribution is 2.29. The maximum atomic E-state index is 12.1. The molecule has 1 aromatic carbocycles. The molecule has 0 unspecified atom stereocenters. The molecule has 1 amide bonds. The Hall–Kier alpha value is -2.71. The van der Waals surface area contributed by atoms with Gasteiger partial charge in [-0.1, -0.05) is 5.16 Å². The smallest absolute Gasteiger partial charge is 0.404 e. The first kappa shape index (κ1) is 14.7. The highest BCUT2D eigenvalue weighted by atomic mass is 19.4. The van der Waals surface area contributed by atoms with Crippen molar-refractivity contribution in [3.63, 3.8) is 0 Å². The first-order valence-electron chi connectivity index (χ1n) is 5.64. The van der Waals surface area contributed by atoms with E-state index in [0.29, 0.717) is 5.76 Å². The van der Waals surface area contributed by atoms with Crippen molar-refractivity contribution in [1.82, 2.24) is 5.16 Å². The Bertz CT molecular complexity index is 667. The zero-order chi connectivity index (χ0) is 15.6. The molecule has 0 spiro atoms. The van der Waals surface area contributed by atoms with E-state index in [0.717, 1.165) is 18.2 Å². The van der Waals surface area contributed by atoms with E-state index < -0.39 is 18.0 Å². The first-order valence-corrected chi connectivity index (χ1v) is 5.64. The van der Waals surface area contributed by atoms with Gasteiger partial charge in [-0.25, -0.2) is 0 Å². The number of ether oxygens (including phenoxy) is 1. The zero-order valence-corrected chi connectivity index (χ0v) is 10.7. The van der Waals surface area contributed by atoms with E-state index in [9.17, 15) is 18.0 Å². The van der Waals surface area contributed by atoms with Crippen LogP contribution in [0.2, 0.25) is 0 Å². The number of amides is 1. The average Bonchev–Trinajstić information content (AvgIpc) is 2.75. The van der Waals surface area contributed by atoms with Crippen LogP contribution >= 0.6 is 0 Å². The van der Waals surface area contributed by atoms with Gasteiger partial charge in [0.1, 0.15) is 5.76 Å². The molecule has 0 fully saturated rings. The molecule has 9 heteroatoms. The number of anilines is 2. The summed E-state index contributed by atoms with van der Waals surface area (Å²) < 4.78 is 44.8. The highest BCUT2D eigenvalue weighted by Gasteiger charge is 2.32. The number of nitrogens with two attached hydrogens (primary N) is 1. The summed E-state index contributed by atoms with van der Waals surface area (Å²) in [6.07, 6.45) is -4.85. The molecule has 0 saturated carbocycles. The van der Waals surface area contributed by atoms with E-state index in [2.05, 4.69) is 15.2 Å². The van der Waals surface area contributed by atoms with Gasteiger partial charge >= 0.3 is 6.36 Å². The molecule has 0 radical (unpaired) electrons. The van der Waals surface area contributed by atoms with Gasteiger partial charge in [0.25, 0.3) is 5.91 Å². The summed E-state index contributed by atoms with van der Waals surface area (Å²) in [6, 6.07) is 4.68. The zero-order valence-electron chi connectivity index (χ0n) is 10.7. The van der Waals surface area contributed by atoms with E-state index in [-0.39, 0.29) is 17.1 Å². The number of alkyl halides is 3. The number of halogens is 3. The lowest BCUT2D eigenvalue weighted by Crippen LogP contribution is -2.18. The Balaban J connectivity index is 2.14. The van der Waals surface area contributed by atoms with E-state index in [4.69, 9.17) is 10.3 Å². The summed E-state index contributed by atoms with van der Waals surface area (Å²) in [5, 5.41) is 5.97. The van der Waals surface area contributed by atoms with Gasteiger partial charge < -0.3 is 20.3 Å². The first-order chi connectivity index (χ1) is 9.74. The molecule has 0 aliphatic heterocycles. The molecule has 1 aromatic heterocycles. The largest absolute Gasteiger partial charge is 0.573 e. The number of hydrogen-bond donors (Lipinski definition) is 2. The van der Waals surface area contributed by atoms with Gasteiger partial charge in [0.2, 0.25) is 0 Å². The topological polar surface area (TPSA) is 90.4 Å². The number of benzene rings is 1. The maximum Gasteiger partial charge on any atom is 0.573 e. The van der Waals surface area contributed by atoms with Crippen LogP contribution < -0.4 is 15.8 Å². The van der Waals surface area contributed by atoms with Crippen molar-refractivity contribution in [3.8, 4) is 5.75 Å². The average molecular weight is 301 g/mol. The Morgan fingerprint density at radius 2 is 2.10 bits per heavy atom. The fourth-order valence-corrected chi connectivity index (χ4v) is 1.52. The van der Waals surface area contributed by atoms with Crippen LogP contribution in [-0.2, 0) is 0 Å². The van der Waals surface area contributed by atoms with Crippen LogP contribution in [0, 0.1) is 6.92 Å². The SMILES string of the molecule is Cc1cc(NC(=O)c2ccc(OC(F)(F)F)c(N)c2)no1. The molecular formula is C12H10F3N3O3. The fourth-order valence-electron chi connectivity index (χ4n) is 1.52. The second kappa shape index (κ2) is 5.35. The summed E-state index contributed by atoms with van der Waals surface area (Å²) in [6.45, 7) is 1.64. The molecule has 0 atom stereocenters. The van der Waals surface area contributed by atoms with Crippen LogP contribution in [-0.4, -0.2) is 17.4 Å². The number of carbonyl (C=O) groups is 1. The van der Waals surface area contributed by atoms with E-state index in [1.165, 1.54) is 6.07 Å². The van der Waals surface area contributed by atoms with Gasteiger partial charge in [-0.3, -0.25) is 4.79 Å². The Kier molecular flexibility index (Phi) is 3.74. The van der Waals surface area contributed by atoms with Gasteiger partial charge in [0.15, 0.2) is 11.6 Å². The second-order valence-electron chi connectivity index (χ2n) is 4.08. The van der Waals surface area contributed by atoms with Crippen molar-refractivity contribution in [2.75, 3.05) is 11.1 Å². The van der Waals surface area contributed by atoms with E-state index >= 15 is 0 Å². The van der Waals surface area contributed by atoms with Gasteiger partial charge in [0, 0.05) is 11.6 Å². The molecule has 0 aliphatic carbocycles. The summed E-state index contributed by atoms with van der Waals surface area (Å²) in [4.78, 5) is 11.9. The van der Waals surface area contributed by atoms with Crippen molar-refractivity contribution in [1.29, 1.82) is 0 Å². The van der Waals surface area contributed by atoms with Crippen molar-refractivity contribution in [3.05, 3.63) is 35.6 Å². The number of hydrogen-bond acceptors (Lipinski definition) is 5. The Morgan fingerprint density at radius 1 is 1.38 bits per heavy atom. The minimum atomic E-state index is -4.85. The minimum Gasteiger partial charge on any atom is -0.404 e. The number of nitrogen functional groups attached to an aromatic ring is 1. The number of carbonyl (C=O) groups excluding carboxylic acids is 1. The van der Waals surface area contributed by atoms with Crippen molar-refractivity contribution in [2.45, 2.75) is 13.3 Å². The van der Waals surface area contributed by atoms with Gasteiger partial charge in [0.05, 0.1) is 5.69 Å². The lowest BCUT2D eigenvalue weighted by molar-refractivity contribution is -0.274. The van der Waals surface area contributed by atoms with E-state index in [1.807, 2.05) is 0 Å². The second-order valence-corrected chi connectivity index (χ2v) is 4.08. The molecule has 112 valence electrons. The lowest BCUT2D eigenvalue weighted by Gasteiger charge is -2.11.